The van der Waals surface area contributed by atoms with Crippen LogP contribution in [-0.4, -0.2) is 6.61 Å². The third-order valence-electron chi connectivity index (χ3n) is 3.30. The summed E-state index contributed by atoms with van der Waals surface area (Å²) in [5.41, 5.74) is 2.39. The summed E-state index contributed by atoms with van der Waals surface area (Å²) in [5, 5.41) is 9.50. The maximum atomic E-state index is 9.50. The molecular weight excluding hydrogens is 418 g/mol. The summed E-state index contributed by atoms with van der Waals surface area (Å²) in [4.78, 5) is 0. The highest BCUT2D eigenvalue weighted by Crippen LogP contribution is 2.28. The van der Waals surface area contributed by atoms with E-state index in [1.807, 2.05) is 48.5 Å². The molecule has 0 amide bonds. The molecule has 0 aliphatic rings. The lowest BCUT2D eigenvalue weighted by Gasteiger charge is -2.10. The van der Waals surface area contributed by atoms with Gasteiger partial charge in [-0.1, -0.05) is 57.3 Å². The largest absolute Gasteiger partial charge is 0.493 e. The van der Waals surface area contributed by atoms with Crippen LogP contribution >= 0.6 is 31.9 Å². The highest BCUT2D eigenvalue weighted by atomic mass is 79.9. The fourth-order valence-corrected chi connectivity index (χ4v) is 2.70. The lowest BCUT2D eigenvalue weighted by Crippen LogP contribution is -1.98. The molecule has 2 rings (SSSR count). The Hall–Kier alpha value is -1.57. The first-order chi connectivity index (χ1) is 11.1. The van der Waals surface area contributed by atoms with Crippen molar-refractivity contribution >= 4 is 43.5 Å². The van der Waals surface area contributed by atoms with E-state index in [1.165, 1.54) is 0 Å². The van der Waals surface area contributed by atoms with Crippen molar-refractivity contribution in [3.63, 3.8) is 0 Å². The molecule has 2 aromatic carbocycles. The summed E-state index contributed by atoms with van der Waals surface area (Å²) in [5.74, 6) is 0.798. The monoisotopic (exact) mass is 433 g/mol. The predicted molar refractivity (Wildman–Crippen MR) is 102 cm³/mol. The predicted octanol–water partition coefficient (Wildman–Crippen LogP) is 6.45. The quantitative estimate of drug-likeness (QED) is 0.297. The minimum Gasteiger partial charge on any atom is -0.493 e. The molecule has 2 aromatic rings. The van der Waals surface area contributed by atoms with E-state index in [0.29, 0.717) is 12.2 Å². The molecular formula is C19H17Br2NO. The number of hydrogen-bond acceptors (Lipinski definition) is 2. The molecule has 0 saturated carbocycles. The molecule has 2 nitrogen and oxygen atoms in total. The van der Waals surface area contributed by atoms with Crippen LogP contribution in [0.1, 0.15) is 30.9 Å². The molecule has 0 heterocycles. The van der Waals surface area contributed by atoms with Gasteiger partial charge in [0.2, 0.25) is 0 Å². The van der Waals surface area contributed by atoms with Gasteiger partial charge in [0.25, 0.3) is 0 Å². The molecule has 0 atom stereocenters. The molecule has 0 fully saturated rings. The maximum absolute atomic E-state index is 9.50. The zero-order valence-electron chi connectivity index (χ0n) is 12.9. The number of ether oxygens (including phenoxy) is 1. The topological polar surface area (TPSA) is 33.0 Å². The number of unbranched alkanes of at least 4 members (excludes halogenated alkanes) is 1. The molecule has 118 valence electrons. The van der Waals surface area contributed by atoms with Crippen LogP contribution in [-0.2, 0) is 0 Å². The number of rotatable bonds is 6. The van der Waals surface area contributed by atoms with E-state index in [0.717, 1.165) is 38.7 Å². The number of nitriles is 1. The van der Waals surface area contributed by atoms with Crippen molar-refractivity contribution in [1.29, 1.82) is 5.26 Å². The Labute approximate surface area is 154 Å². The normalized spacial score (nSPS) is 11.1. The highest BCUT2D eigenvalue weighted by Gasteiger charge is 2.06. The fourth-order valence-electron chi connectivity index (χ4n) is 2.06. The molecule has 0 radical (unpaired) electrons. The number of halogens is 2. The van der Waals surface area contributed by atoms with Gasteiger partial charge in [0.1, 0.15) is 5.75 Å². The third-order valence-corrected chi connectivity index (χ3v) is 4.32. The molecule has 0 saturated heterocycles. The van der Waals surface area contributed by atoms with Crippen LogP contribution in [0.5, 0.6) is 5.75 Å². The van der Waals surface area contributed by atoms with Crippen LogP contribution < -0.4 is 4.74 Å². The van der Waals surface area contributed by atoms with Crippen LogP contribution in [0.3, 0.4) is 0 Å². The van der Waals surface area contributed by atoms with Crippen molar-refractivity contribution in [1.82, 2.24) is 0 Å². The van der Waals surface area contributed by atoms with Crippen molar-refractivity contribution in [3.8, 4) is 11.8 Å². The second-order valence-electron chi connectivity index (χ2n) is 5.06. The molecule has 0 aliphatic carbocycles. The smallest absolute Gasteiger partial charge is 0.126 e. The van der Waals surface area contributed by atoms with E-state index in [9.17, 15) is 5.26 Å². The van der Waals surface area contributed by atoms with E-state index in [1.54, 1.807) is 0 Å². The van der Waals surface area contributed by atoms with Gasteiger partial charge in [0, 0.05) is 14.5 Å². The van der Waals surface area contributed by atoms with Crippen molar-refractivity contribution < 1.29 is 4.74 Å². The van der Waals surface area contributed by atoms with Gasteiger partial charge in [-0.15, -0.1) is 0 Å². The van der Waals surface area contributed by atoms with Crippen molar-refractivity contribution in [3.05, 3.63) is 62.5 Å². The summed E-state index contributed by atoms with van der Waals surface area (Å²) in [6.07, 6.45) is 3.97. The molecule has 0 aliphatic heterocycles. The Kier molecular flexibility index (Phi) is 6.88. The summed E-state index contributed by atoms with van der Waals surface area (Å²) in [6, 6.07) is 15.8. The average Bonchev–Trinajstić information content (AvgIpc) is 2.55. The molecule has 23 heavy (non-hydrogen) atoms. The lowest BCUT2D eigenvalue weighted by atomic mass is 10.0. The number of benzene rings is 2. The first kappa shape index (κ1) is 17.8. The van der Waals surface area contributed by atoms with Crippen molar-refractivity contribution in [2.24, 2.45) is 0 Å². The zero-order chi connectivity index (χ0) is 16.7. The Bertz CT molecular complexity index is 730. The van der Waals surface area contributed by atoms with Crippen LogP contribution in [0.2, 0.25) is 0 Å². The van der Waals surface area contributed by atoms with Crippen molar-refractivity contribution in [2.45, 2.75) is 19.8 Å². The molecule has 0 N–H and O–H groups in total. The standard InChI is InChI=1S/C19H17Br2NO/c1-2-3-10-23-19-9-8-18(21)12-15(19)11-16(13-22)14-4-6-17(20)7-5-14/h4-9,11-12H,2-3,10H2,1H3. The Morgan fingerprint density at radius 3 is 2.48 bits per heavy atom. The molecule has 0 aromatic heterocycles. The van der Waals surface area contributed by atoms with Gasteiger partial charge in [-0.05, 0) is 48.4 Å². The van der Waals surface area contributed by atoms with Gasteiger partial charge in [-0.25, -0.2) is 0 Å². The molecule has 4 heteroatoms. The Morgan fingerprint density at radius 2 is 1.83 bits per heavy atom. The second-order valence-corrected chi connectivity index (χ2v) is 6.89. The van der Waals surface area contributed by atoms with E-state index in [4.69, 9.17) is 4.74 Å². The van der Waals surface area contributed by atoms with Crippen LogP contribution in [0.25, 0.3) is 11.6 Å². The second kappa shape index (κ2) is 8.90. The van der Waals surface area contributed by atoms with Crippen LogP contribution in [0.15, 0.2) is 51.4 Å². The summed E-state index contributed by atoms with van der Waals surface area (Å²) < 4.78 is 7.80. The zero-order valence-corrected chi connectivity index (χ0v) is 16.0. The molecule has 0 unspecified atom stereocenters. The van der Waals surface area contributed by atoms with E-state index >= 15 is 0 Å². The first-order valence-corrected chi connectivity index (χ1v) is 9.02. The van der Waals surface area contributed by atoms with Crippen LogP contribution in [0.4, 0.5) is 0 Å². The van der Waals surface area contributed by atoms with Gasteiger partial charge >= 0.3 is 0 Å². The van der Waals surface area contributed by atoms with Gasteiger partial charge in [0.05, 0.1) is 18.2 Å². The molecule has 0 spiro atoms. The number of nitrogens with zero attached hydrogens (tertiary/aromatic N) is 1. The van der Waals surface area contributed by atoms with Gasteiger partial charge in [-0.3, -0.25) is 0 Å². The van der Waals surface area contributed by atoms with Gasteiger partial charge in [-0.2, -0.15) is 5.26 Å². The van der Waals surface area contributed by atoms with Crippen molar-refractivity contribution in [2.75, 3.05) is 6.61 Å². The summed E-state index contributed by atoms with van der Waals surface area (Å²) in [6.45, 7) is 2.81. The SMILES string of the molecule is CCCCOc1ccc(Br)cc1C=C(C#N)c1ccc(Br)cc1. The first-order valence-electron chi connectivity index (χ1n) is 7.44. The third kappa shape index (κ3) is 5.23. The van der Waals surface area contributed by atoms with Gasteiger partial charge in [0.15, 0.2) is 0 Å². The summed E-state index contributed by atoms with van der Waals surface area (Å²) in [7, 11) is 0. The lowest BCUT2D eigenvalue weighted by molar-refractivity contribution is 0.309. The fraction of sp³-hybridized carbons (Fsp3) is 0.211. The van der Waals surface area contributed by atoms with Crippen LogP contribution in [0, 0.1) is 11.3 Å². The number of allylic oxidation sites excluding steroid dienone is 1. The number of hydrogen-bond donors (Lipinski definition) is 0. The average molecular weight is 435 g/mol. The minimum atomic E-state index is 0.607. The molecule has 0 bridgehead atoms. The minimum absolute atomic E-state index is 0.607. The van der Waals surface area contributed by atoms with E-state index < -0.39 is 0 Å². The van der Waals surface area contributed by atoms with Gasteiger partial charge < -0.3 is 4.74 Å². The Balaban J connectivity index is 2.36. The Morgan fingerprint density at radius 1 is 1.13 bits per heavy atom. The maximum Gasteiger partial charge on any atom is 0.126 e. The highest BCUT2D eigenvalue weighted by molar-refractivity contribution is 9.10. The van der Waals surface area contributed by atoms with E-state index in [2.05, 4.69) is 44.9 Å². The van der Waals surface area contributed by atoms with E-state index in [-0.39, 0.29) is 0 Å². The summed E-state index contributed by atoms with van der Waals surface area (Å²) >= 11 is 6.89.